The van der Waals surface area contributed by atoms with Gasteiger partial charge >= 0.3 is 0 Å². The minimum Gasteiger partial charge on any atom is -0.472 e. The summed E-state index contributed by atoms with van der Waals surface area (Å²) >= 11 is 0. The Kier molecular flexibility index (Phi) is 4.70. The summed E-state index contributed by atoms with van der Waals surface area (Å²) in [6.07, 6.45) is 5.76. The van der Waals surface area contributed by atoms with Gasteiger partial charge < -0.3 is 15.1 Å². The van der Waals surface area contributed by atoms with Gasteiger partial charge in [-0.05, 0) is 39.4 Å². The topological polar surface area (TPSA) is 42.4 Å². The zero-order valence-corrected chi connectivity index (χ0v) is 9.07. The normalized spacial score (nSPS) is 13.4. The number of nitrogens with two attached hydrogens (primary N) is 1. The Hall–Kier alpha value is -0.800. The fourth-order valence-electron chi connectivity index (χ4n) is 1.46. The lowest BCUT2D eigenvalue weighted by Gasteiger charge is -2.15. The first-order valence-corrected chi connectivity index (χ1v) is 5.13. The van der Waals surface area contributed by atoms with E-state index in [4.69, 9.17) is 10.2 Å². The molecule has 14 heavy (non-hydrogen) atoms. The number of nitrogens with zero attached hydrogens (tertiary/aromatic N) is 1. The first-order valence-electron chi connectivity index (χ1n) is 5.13. The van der Waals surface area contributed by atoms with E-state index in [1.807, 2.05) is 6.07 Å². The van der Waals surface area contributed by atoms with Crippen molar-refractivity contribution in [2.75, 3.05) is 13.6 Å². The molecule has 0 bridgehead atoms. The van der Waals surface area contributed by atoms with Gasteiger partial charge in [0, 0.05) is 18.2 Å². The summed E-state index contributed by atoms with van der Waals surface area (Å²) < 4.78 is 5.01. The maximum atomic E-state index is 5.68. The molecule has 1 atom stereocenters. The lowest BCUT2D eigenvalue weighted by atomic mass is 10.2. The molecule has 0 saturated heterocycles. The Morgan fingerprint density at radius 2 is 2.36 bits per heavy atom. The van der Waals surface area contributed by atoms with Gasteiger partial charge in [-0.1, -0.05) is 0 Å². The second-order valence-electron chi connectivity index (χ2n) is 3.99. The van der Waals surface area contributed by atoms with E-state index in [0.29, 0.717) is 6.04 Å². The number of furan rings is 1. The predicted molar refractivity (Wildman–Crippen MR) is 57.9 cm³/mol. The van der Waals surface area contributed by atoms with E-state index in [9.17, 15) is 0 Å². The van der Waals surface area contributed by atoms with Gasteiger partial charge in [-0.25, -0.2) is 0 Å². The van der Waals surface area contributed by atoms with E-state index < -0.39 is 0 Å². The van der Waals surface area contributed by atoms with Crippen LogP contribution in [0.5, 0.6) is 0 Å². The molecular weight excluding hydrogens is 176 g/mol. The molecule has 1 rings (SSSR count). The van der Waals surface area contributed by atoms with Crippen LogP contribution in [0.4, 0.5) is 0 Å². The summed E-state index contributed by atoms with van der Waals surface area (Å²) in [6.45, 7) is 4.10. The molecule has 1 aromatic heterocycles. The molecule has 0 aromatic carbocycles. The SMILES string of the molecule is CC(N)CCCN(C)Cc1ccoc1. The number of hydrogen-bond donors (Lipinski definition) is 1. The van der Waals surface area contributed by atoms with Crippen molar-refractivity contribution in [2.24, 2.45) is 5.73 Å². The van der Waals surface area contributed by atoms with E-state index in [2.05, 4.69) is 18.9 Å². The van der Waals surface area contributed by atoms with Crippen molar-refractivity contribution in [1.82, 2.24) is 4.90 Å². The molecule has 3 nitrogen and oxygen atoms in total. The van der Waals surface area contributed by atoms with E-state index in [1.165, 1.54) is 5.56 Å². The molecule has 0 spiro atoms. The largest absolute Gasteiger partial charge is 0.472 e. The summed E-state index contributed by atoms with van der Waals surface area (Å²) in [5, 5.41) is 0. The highest BCUT2D eigenvalue weighted by Crippen LogP contribution is 2.04. The summed E-state index contributed by atoms with van der Waals surface area (Å²) in [5.41, 5.74) is 6.91. The van der Waals surface area contributed by atoms with Gasteiger partial charge in [0.15, 0.2) is 0 Å². The Morgan fingerprint density at radius 1 is 1.57 bits per heavy atom. The molecule has 0 fully saturated rings. The summed E-state index contributed by atoms with van der Waals surface area (Å²) in [7, 11) is 2.12. The van der Waals surface area contributed by atoms with Crippen molar-refractivity contribution in [3.8, 4) is 0 Å². The highest BCUT2D eigenvalue weighted by atomic mass is 16.3. The van der Waals surface area contributed by atoms with Gasteiger partial charge in [0.1, 0.15) is 0 Å². The Bertz CT molecular complexity index is 231. The zero-order chi connectivity index (χ0) is 10.4. The van der Waals surface area contributed by atoms with Crippen molar-refractivity contribution in [3.63, 3.8) is 0 Å². The number of rotatable bonds is 6. The average Bonchev–Trinajstić information content (AvgIpc) is 2.56. The first-order chi connectivity index (χ1) is 6.68. The molecule has 3 heteroatoms. The molecule has 0 aliphatic carbocycles. The zero-order valence-electron chi connectivity index (χ0n) is 9.07. The van der Waals surface area contributed by atoms with Crippen LogP contribution < -0.4 is 5.73 Å². The lowest BCUT2D eigenvalue weighted by molar-refractivity contribution is 0.314. The summed E-state index contributed by atoms with van der Waals surface area (Å²) in [5.74, 6) is 0. The Labute approximate surface area is 85.9 Å². The van der Waals surface area contributed by atoms with Crippen LogP contribution in [0.15, 0.2) is 23.0 Å². The third-order valence-electron chi connectivity index (χ3n) is 2.23. The third kappa shape index (κ3) is 4.44. The second-order valence-corrected chi connectivity index (χ2v) is 3.99. The van der Waals surface area contributed by atoms with E-state index in [0.717, 1.165) is 25.9 Å². The summed E-state index contributed by atoms with van der Waals surface area (Å²) in [4.78, 5) is 2.28. The molecule has 80 valence electrons. The van der Waals surface area contributed by atoms with Crippen LogP contribution >= 0.6 is 0 Å². The molecule has 0 aliphatic heterocycles. The lowest BCUT2D eigenvalue weighted by Crippen LogP contribution is -2.22. The van der Waals surface area contributed by atoms with Gasteiger partial charge in [0.2, 0.25) is 0 Å². The van der Waals surface area contributed by atoms with Crippen LogP contribution in [0.25, 0.3) is 0 Å². The van der Waals surface area contributed by atoms with Crippen molar-refractivity contribution >= 4 is 0 Å². The molecule has 1 aromatic rings. The molecule has 0 aliphatic rings. The van der Waals surface area contributed by atoms with Crippen LogP contribution in [0.2, 0.25) is 0 Å². The Balaban J connectivity index is 2.13. The van der Waals surface area contributed by atoms with Gasteiger partial charge in [-0.15, -0.1) is 0 Å². The van der Waals surface area contributed by atoms with Crippen LogP contribution in [0.3, 0.4) is 0 Å². The fraction of sp³-hybridized carbons (Fsp3) is 0.636. The van der Waals surface area contributed by atoms with Gasteiger partial charge in [0.05, 0.1) is 12.5 Å². The van der Waals surface area contributed by atoms with Gasteiger partial charge in [-0.3, -0.25) is 0 Å². The van der Waals surface area contributed by atoms with Crippen molar-refractivity contribution in [2.45, 2.75) is 32.4 Å². The highest BCUT2D eigenvalue weighted by Gasteiger charge is 2.01. The predicted octanol–water partition coefficient (Wildman–Crippen LogP) is 1.84. The smallest absolute Gasteiger partial charge is 0.0947 e. The molecule has 1 heterocycles. The van der Waals surface area contributed by atoms with E-state index >= 15 is 0 Å². The molecule has 2 N–H and O–H groups in total. The average molecular weight is 196 g/mol. The quantitative estimate of drug-likeness (QED) is 0.755. The van der Waals surface area contributed by atoms with Crippen LogP contribution in [-0.4, -0.2) is 24.5 Å². The fourth-order valence-corrected chi connectivity index (χ4v) is 1.46. The van der Waals surface area contributed by atoms with Crippen molar-refractivity contribution in [1.29, 1.82) is 0 Å². The second kappa shape index (κ2) is 5.83. The van der Waals surface area contributed by atoms with E-state index in [-0.39, 0.29) is 0 Å². The van der Waals surface area contributed by atoms with Crippen molar-refractivity contribution < 1.29 is 4.42 Å². The first kappa shape index (κ1) is 11.3. The van der Waals surface area contributed by atoms with Crippen LogP contribution in [0, 0.1) is 0 Å². The van der Waals surface area contributed by atoms with Crippen LogP contribution in [0.1, 0.15) is 25.3 Å². The van der Waals surface area contributed by atoms with Gasteiger partial charge in [-0.2, -0.15) is 0 Å². The molecule has 0 amide bonds. The standard InChI is InChI=1S/C11H20N2O/c1-10(12)4-3-6-13(2)8-11-5-7-14-9-11/h5,7,9-10H,3-4,6,8,12H2,1-2H3. The maximum Gasteiger partial charge on any atom is 0.0947 e. The van der Waals surface area contributed by atoms with Gasteiger partial charge in [0.25, 0.3) is 0 Å². The maximum absolute atomic E-state index is 5.68. The molecular formula is C11H20N2O. The summed E-state index contributed by atoms with van der Waals surface area (Å²) in [6, 6.07) is 2.32. The van der Waals surface area contributed by atoms with E-state index in [1.54, 1.807) is 12.5 Å². The molecule has 0 saturated carbocycles. The van der Waals surface area contributed by atoms with Crippen LogP contribution in [-0.2, 0) is 6.54 Å². The Morgan fingerprint density at radius 3 is 2.93 bits per heavy atom. The molecule has 0 radical (unpaired) electrons. The monoisotopic (exact) mass is 196 g/mol. The van der Waals surface area contributed by atoms with Crippen molar-refractivity contribution in [3.05, 3.63) is 24.2 Å². The number of hydrogen-bond acceptors (Lipinski definition) is 3. The minimum absolute atomic E-state index is 0.317. The third-order valence-corrected chi connectivity index (χ3v) is 2.23. The minimum atomic E-state index is 0.317. The highest BCUT2D eigenvalue weighted by molar-refractivity contribution is 5.04. The molecule has 1 unspecified atom stereocenters.